The third-order valence-corrected chi connectivity index (χ3v) is 6.84. The normalized spacial score (nSPS) is 11.9. The zero-order valence-electron chi connectivity index (χ0n) is 21.2. The molecule has 0 radical (unpaired) electrons. The Morgan fingerprint density at radius 3 is 2.46 bits per heavy atom. The summed E-state index contributed by atoms with van der Waals surface area (Å²) >= 11 is 12.3. The van der Waals surface area contributed by atoms with Gasteiger partial charge in [-0.15, -0.1) is 5.10 Å². The highest BCUT2D eigenvalue weighted by Gasteiger charge is 2.24. The van der Waals surface area contributed by atoms with Gasteiger partial charge in [0.15, 0.2) is 5.15 Å². The zero-order chi connectivity index (χ0) is 28.3. The van der Waals surface area contributed by atoms with Crippen LogP contribution in [0.3, 0.4) is 0 Å². The first-order valence-electron chi connectivity index (χ1n) is 12.5. The number of fused-ring (bicyclic) bond motifs is 1. The first kappa shape index (κ1) is 26.3. The highest BCUT2D eigenvalue weighted by Crippen LogP contribution is 2.28. The van der Waals surface area contributed by atoms with Crippen molar-refractivity contribution >= 4 is 45.8 Å². The van der Waals surface area contributed by atoms with Gasteiger partial charge >= 0.3 is 0 Å². The first-order chi connectivity index (χ1) is 19.9. The number of carbonyl (C=O) groups is 1. The molecule has 6 aromatic rings. The van der Waals surface area contributed by atoms with Crippen molar-refractivity contribution in [3.05, 3.63) is 124 Å². The van der Waals surface area contributed by atoms with Crippen LogP contribution in [0.25, 0.3) is 28.0 Å². The van der Waals surface area contributed by atoms with E-state index in [4.69, 9.17) is 23.2 Å². The van der Waals surface area contributed by atoms with Gasteiger partial charge in [-0.05, 0) is 42.0 Å². The van der Waals surface area contributed by atoms with Gasteiger partial charge in [-0.1, -0.05) is 58.7 Å². The smallest absolute Gasteiger partial charge is 0.254 e. The summed E-state index contributed by atoms with van der Waals surface area (Å²) in [6, 6.07) is 20.3. The van der Waals surface area contributed by atoms with Crippen molar-refractivity contribution in [2.75, 3.05) is 5.32 Å². The largest absolute Gasteiger partial charge is 0.324 e. The minimum Gasteiger partial charge on any atom is -0.324 e. The molecule has 0 aliphatic heterocycles. The Balaban J connectivity index is 1.37. The molecular formula is C29H20Cl2N8O2. The van der Waals surface area contributed by atoms with Gasteiger partial charge in [-0.3, -0.25) is 24.1 Å². The minimum atomic E-state index is -0.892. The van der Waals surface area contributed by atoms with E-state index < -0.39 is 11.6 Å². The van der Waals surface area contributed by atoms with Crippen molar-refractivity contribution in [1.82, 2.24) is 34.5 Å². The molecule has 0 aliphatic carbocycles. The van der Waals surface area contributed by atoms with Crippen molar-refractivity contribution in [3.63, 3.8) is 0 Å². The third kappa shape index (κ3) is 5.69. The van der Waals surface area contributed by atoms with Gasteiger partial charge < -0.3 is 5.32 Å². The molecule has 0 bridgehead atoms. The maximum Gasteiger partial charge on any atom is 0.254 e. The first-order valence-corrected chi connectivity index (χ1v) is 13.2. The zero-order valence-corrected chi connectivity index (χ0v) is 22.7. The molecule has 0 saturated carbocycles. The van der Waals surface area contributed by atoms with Gasteiger partial charge in [-0.25, -0.2) is 9.67 Å². The van der Waals surface area contributed by atoms with Crippen LogP contribution >= 0.6 is 23.2 Å². The van der Waals surface area contributed by atoms with Crippen LogP contribution in [0.15, 0.2) is 103 Å². The highest BCUT2D eigenvalue weighted by atomic mass is 35.5. The van der Waals surface area contributed by atoms with Crippen LogP contribution in [-0.4, -0.2) is 40.4 Å². The molecule has 0 aliphatic rings. The van der Waals surface area contributed by atoms with E-state index in [0.717, 1.165) is 5.56 Å². The van der Waals surface area contributed by atoms with Crippen LogP contribution in [0.4, 0.5) is 5.69 Å². The van der Waals surface area contributed by atoms with E-state index in [1.165, 1.54) is 27.8 Å². The number of benzene rings is 3. The maximum atomic E-state index is 13.7. The third-order valence-electron chi connectivity index (χ3n) is 6.43. The summed E-state index contributed by atoms with van der Waals surface area (Å²) in [6.07, 6.45) is 6.36. The second-order valence-corrected chi connectivity index (χ2v) is 9.95. The molecule has 3 heterocycles. The summed E-state index contributed by atoms with van der Waals surface area (Å²) in [7, 11) is 0. The van der Waals surface area contributed by atoms with Crippen LogP contribution in [0.2, 0.25) is 10.2 Å². The standard InChI is InChI=1S/C29H20Cl2N8O2/c30-19-6-9-25(39-16-27(31)36-37-39)21(13-19)23-15-28(40)38(17-34-23)26(12-18-4-2-1-3-5-18)29(41)35-20-7-8-22-24(14-20)33-11-10-32-22/h1-11,13-17,26H,12H2,(H,35,41). The molecule has 0 saturated heterocycles. The Bertz CT molecular complexity index is 1940. The van der Waals surface area contributed by atoms with Crippen LogP contribution in [-0.2, 0) is 11.2 Å². The molecule has 10 nitrogen and oxygen atoms in total. The summed E-state index contributed by atoms with van der Waals surface area (Å²) in [5, 5.41) is 11.4. The molecule has 1 atom stereocenters. The van der Waals surface area contributed by atoms with E-state index in [-0.39, 0.29) is 17.5 Å². The fourth-order valence-corrected chi connectivity index (χ4v) is 4.79. The van der Waals surface area contributed by atoms with E-state index in [1.54, 1.807) is 48.8 Å². The summed E-state index contributed by atoms with van der Waals surface area (Å²) in [6.45, 7) is 0. The highest BCUT2D eigenvalue weighted by molar-refractivity contribution is 6.31. The van der Waals surface area contributed by atoms with Crippen molar-refractivity contribution in [2.45, 2.75) is 12.5 Å². The Kier molecular flexibility index (Phi) is 7.24. The van der Waals surface area contributed by atoms with Crippen molar-refractivity contribution in [3.8, 4) is 16.9 Å². The monoisotopic (exact) mass is 582 g/mol. The second kappa shape index (κ2) is 11.3. The molecule has 1 unspecified atom stereocenters. The predicted octanol–water partition coefficient (Wildman–Crippen LogP) is 5.16. The molecule has 3 aromatic carbocycles. The van der Waals surface area contributed by atoms with E-state index >= 15 is 0 Å². The molecule has 12 heteroatoms. The van der Waals surface area contributed by atoms with Gasteiger partial charge in [0.25, 0.3) is 5.56 Å². The molecule has 1 amide bonds. The van der Waals surface area contributed by atoms with Crippen molar-refractivity contribution < 1.29 is 4.79 Å². The van der Waals surface area contributed by atoms with Crippen LogP contribution in [0.1, 0.15) is 11.6 Å². The van der Waals surface area contributed by atoms with Crippen LogP contribution in [0.5, 0.6) is 0 Å². The Morgan fingerprint density at radius 2 is 1.71 bits per heavy atom. The lowest BCUT2D eigenvalue weighted by Gasteiger charge is -2.20. The van der Waals surface area contributed by atoms with Crippen molar-refractivity contribution in [2.24, 2.45) is 0 Å². The quantitative estimate of drug-likeness (QED) is 0.276. The van der Waals surface area contributed by atoms with Crippen molar-refractivity contribution in [1.29, 1.82) is 0 Å². The van der Waals surface area contributed by atoms with E-state index in [0.29, 0.717) is 38.7 Å². The van der Waals surface area contributed by atoms with Gasteiger partial charge in [0.05, 0.1) is 34.9 Å². The van der Waals surface area contributed by atoms with E-state index in [1.807, 2.05) is 30.3 Å². The summed E-state index contributed by atoms with van der Waals surface area (Å²) in [4.78, 5) is 40.3. The minimum absolute atomic E-state index is 0.211. The lowest BCUT2D eigenvalue weighted by Crippen LogP contribution is -2.34. The van der Waals surface area contributed by atoms with Crippen LogP contribution < -0.4 is 10.9 Å². The Hall–Kier alpha value is -4.93. The summed E-state index contributed by atoms with van der Waals surface area (Å²) < 4.78 is 2.80. The molecule has 6 rings (SSSR count). The number of anilines is 1. The molecule has 41 heavy (non-hydrogen) atoms. The maximum absolute atomic E-state index is 13.7. The average molecular weight is 583 g/mol. The van der Waals surface area contributed by atoms with E-state index in [9.17, 15) is 9.59 Å². The van der Waals surface area contributed by atoms with Gasteiger partial charge in [-0.2, -0.15) is 0 Å². The lowest BCUT2D eigenvalue weighted by molar-refractivity contribution is -0.119. The van der Waals surface area contributed by atoms with E-state index in [2.05, 4.69) is 30.6 Å². The van der Waals surface area contributed by atoms with Crippen LogP contribution in [0, 0.1) is 0 Å². The van der Waals surface area contributed by atoms with Gasteiger partial charge in [0, 0.05) is 41.2 Å². The number of nitrogens with one attached hydrogen (secondary N) is 1. The number of rotatable bonds is 7. The molecular weight excluding hydrogens is 563 g/mol. The average Bonchev–Trinajstić information content (AvgIpc) is 3.42. The number of aromatic nitrogens is 7. The SMILES string of the molecule is O=C(Nc1ccc2nccnc2c1)C(Cc1ccccc1)n1cnc(-c2cc(Cl)ccc2-n2cc(Cl)nn2)cc1=O. The number of halogens is 2. The lowest BCUT2D eigenvalue weighted by atomic mass is 10.0. The predicted molar refractivity (Wildman–Crippen MR) is 156 cm³/mol. The second-order valence-electron chi connectivity index (χ2n) is 9.12. The molecule has 3 aromatic heterocycles. The number of carbonyl (C=O) groups excluding carboxylic acids is 1. The number of nitrogens with zero attached hydrogens (tertiary/aromatic N) is 7. The molecule has 0 spiro atoms. The summed E-state index contributed by atoms with van der Waals surface area (Å²) in [5.41, 5.74) is 3.82. The number of hydrogen-bond acceptors (Lipinski definition) is 7. The Morgan fingerprint density at radius 1 is 0.902 bits per heavy atom. The number of hydrogen-bond donors (Lipinski definition) is 1. The Labute approximate surface area is 243 Å². The molecule has 0 fully saturated rings. The molecule has 202 valence electrons. The van der Waals surface area contributed by atoms with Gasteiger partial charge in [0.1, 0.15) is 6.04 Å². The number of amides is 1. The van der Waals surface area contributed by atoms with Gasteiger partial charge in [0.2, 0.25) is 5.91 Å². The fourth-order valence-electron chi connectivity index (χ4n) is 4.49. The molecule has 1 N–H and O–H groups in total. The topological polar surface area (TPSA) is 120 Å². The fraction of sp³-hybridized carbons (Fsp3) is 0.0690. The summed E-state index contributed by atoms with van der Waals surface area (Å²) in [5.74, 6) is -0.380.